The van der Waals surface area contributed by atoms with Crippen molar-refractivity contribution < 1.29 is 0 Å². The van der Waals surface area contributed by atoms with E-state index >= 15 is 0 Å². The summed E-state index contributed by atoms with van der Waals surface area (Å²) in [5, 5.41) is 0. The summed E-state index contributed by atoms with van der Waals surface area (Å²) in [5.74, 6) is 1.01. The molecule has 0 saturated heterocycles. The standard InChI is InChI=1S/C18H23N3/c1-20(2)18-10-9-15(12-19-18)13-21-11-5-8-16-6-3-4-7-17(16)14-21/h3-4,6-7,9-10,12H,5,8,11,13-14H2,1-2H3. The lowest BCUT2D eigenvalue weighted by Crippen LogP contribution is -2.23. The SMILES string of the molecule is CN(C)c1ccc(CN2CCCc3ccccc3C2)cn1. The Balaban J connectivity index is 1.70. The van der Waals surface area contributed by atoms with Crippen molar-refractivity contribution in [2.45, 2.75) is 25.9 Å². The van der Waals surface area contributed by atoms with Crippen LogP contribution in [0.4, 0.5) is 5.82 Å². The van der Waals surface area contributed by atoms with Gasteiger partial charge in [0.25, 0.3) is 0 Å². The molecule has 3 heteroatoms. The Morgan fingerprint density at radius 1 is 1.10 bits per heavy atom. The molecule has 21 heavy (non-hydrogen) atoms. The number of aromatic nitrogens is 1. The highest BCUT2D eigenvalue weighted by atomic mass is 15.1. The van der Waals surface area contributed by atoms with Crippen LogP contribution >= 0.6 is 0 Å². The molecule has 1 aromatic carbocycles. The molecule has 0 saturated carbocycles. The number of fused-ring (bicyclic) bond motifs is 1. The average Bonchev–Trinajstić information content (AvgIpc) is 2.69. The van der Waals surface area contributed by atoms with Crippen LogP contribution in [0.2, 0.25) is 0 Å². The van der Waals surface area contributed by atoms with Crippen LogP contribution in [0.3, 0.4) is 0 Å². The monoisotopic (exact) mass is 281 g/mol. The lowest BCUT2D eigenvalue weighted by atomic mass is 10.0. The molecule has 0 spiro atoms. The molecule has 1 aliphatic heterocycles. The summed E-state index contributed by atoms with van der Waals surface area (Å²) in [5.41, 5.74) is 4.29. The molecule has 110 valence electrons. The minimum atomic E-state index is 0.981. The van der Waals surface area contributed by atoms with E-state index in [0.29, 0.717) is 0 Å². The topological polar surface area (TPSA) is 19.4 Å². The van der Waals surface area contributed by atoms with Gasteiger partial charge in [-0.05, 0) is 42.1 Å². The van der Waals surface area contributed by atoms with E-state index in [4.69, 9.17) is 0 Å². The average molecular weight is 281 g/mol. The van der Waals surface area contributed by atoms with Crippen molar-refractivity contribution in [1.82, 2.24) is 9.88 Å². The number of aryl methyl sites for hydroxylation is 1. The Hall–Kier alpha value is -1.87. The van der Waals surface area contributed by atoms with E-state index in [1.165, 1.54) is 29.5 Å². The summed E-state index contributed by atoms with van der Waals surface area (Å²) >= 11 is 0. The molecule has 2 heterocycles. The zero-order chi connectivity index (χ0) is 14.7. The van der Waals surface area contributed by atoms with Crippen LogP contribution in [0.1, 0.15) is 23.1 Å². The summed E-state index contributed by atoms with van der Waals surface area (Å²) in [6, 6.07) is 13.1. The number of pyridine rings is 1. The van der Waals surface area contributed by atoms with Crippen molar-refractivity contribution in [2.75, 3.05) is 25.5 Å². The molecular formula is C18H23N3. The van der Waals surface area contributed by atoms with Gasteiger partial charge in [-0.25, -0.2) is 4.98 Å². The van der Waals surface area contributed by atoms with Gasteiger partial charge < -0.3 is 4.90 Å². The van der Waals surface area contributed by atoms with Gasteiger partial charge in [-0.3, -0.25) is 4.90 Å². The third-order valence-corrected chi connectivity index (χ3v) is 4.11. The van der Waals surface area contributed by atoms with E-state index in [2.05, 4.69) is 46.3 Å². The van der Waals surface area contributed by atoms with Gasteiger partial charge in [-0.1, -0.05) is 30.3 Å². The van der Waals surface area contributed by atoms with E-state index < -0.39 is 0 Å². The first kappa shape index (κ1) is 14.1. The molecule has 2 aromatic rings. The van der Waals surface area contributed by atoms with Gasteiger partial charge in [0.2, 0.25) is 0 Å². The van der Waals surface area contributed by atoms with E-state index in [9.17, 15) is 0 Å². The summed E-state index contributed by atoms with van der Waals surface area (Å²) < 4.78 is 0. The van der Waals surface area contributed by atoms with Crippen molar-refractivity contribution >= 4 is 5.82 Å². The second kappa shape index (κ2) is 6.27. The maximum atomic E-state index is 4.51. The Labute approximate surface area is 127 Å². The highest BCUT2D eigenvalue weighted by molar-refractivity contribution is 5.37. The summed E-state index contributed by atoms with van der Waals surface area (Å²) in [6.07, 6.45) is 4.44. The lowest BCUT2D eigenvalue weighted by molar-refractivity contribution is 0.261. The van der Waals surface area contributed by atoms with E-state index in [1.807, 2.05) is 25.2 Å². The molecule has 0 radical (unpaired) electrons. The number of nitrogens with zero attached hydrogens (tertiary/aromatic N) is 3. The van der Waals surface area contributed by atoms with Crippen LogP contribution in [0.15, 0.2) is 42.6 Å². The van der Waals surface area contributed by atoms with Crippen molar-refractivity contribution in [1.29, 1.82) is 0 Å². The second-order valence-corrected chi connectivity index (χ2v) is 6.00. The predicted octanol–water partition coefficient (Wildman–Crippen LogP) is 3.10. The Kier molecular flexibility index (Phi) is 4.20. The zero-order valence-corrected chi connectivity index (χ0v) is 12.9. The van der Waals surface area contributed by atoms with Gasteiger partial charge >= 0.3 is 0 Å². The van der Waals surface area contributed by atoms with E-state index in [1.54, 1.807) is 0 Å². The molecule has 0 atom stereocenters. The Bertz CT molecular complexity index is 590. The Morgan fingerprint density at radius 3 is 2.62 bits per heavy atom. The highest BCUT2D eigenvalue weighted by Gasteiger charge is 2.14. The molecular weight excluding hydrogens is 258 g/mol. The van der Waals surface area contributed by atoms with Crippen LogP contribution in [0, 0.1) is 0 Å². The van der Waals surface area contributed by atoms with Gasteiger partial charge in [-0.15, -0.1) is 0 Å². The minimum Gasteiger partial charge on any atom is -0.363 e. The summed E-state index contributed by atoms with van der Waals surface area (Å²) in [4.78, 5) is 9.07. The van der Waals surface area contributed by atoms with Gasteiger partial charge in [0.1, 0.15) is 5.82 Å². The molecule has 1 aromatic heterocycles. The van der Waals surface area contributed by atoms with Crippen molar-refractivity contribution in [2.24, 2.45) is 0 Å². The molecule has 0 fully saturated rings. The molecule has 0 bridgehead atoms. The van der Waals surface area contributed by atoms with Gasteiger partial charge in [0.15, 0.2) is 0 Å². The second-order valence-electron chi connectivity index (χ2n) is 6.00. The predicted molar refractivity (Wildman–Crippen MR) is 87.4 cm³/mol. The first-order valence-corrected chi connectivity index (χ1v) is 7.64. The van der Waals surface area contributed by atoms with E-state index in [0.717, 1.165) is 25.5 Å². The zero-order valence-electron chi connectivity index (χ0n) is 12.9. The first-order valence-electron chi connectivity index (χ1n) is 7.64. The fourth-order valence-electron chi connectivity index (χ4n) is 2.94. The van der Waals surface area contributed by atoms with Gasteiger partial charge in [-0.2, -0.15) is 0 Å². The summed E-state index contributed by atoms with van der Waals surface area (Å²) in [6.45, 7) is 3.19. The third-order valence-electron chi connectivity index (χ3n) is 4.11. The lowest BCUT2D eigenvalue weighted by Gasteiger charge is -2.21. The molecule has 0 amide bonds. The quantitative estimate of drug-likeness (QED) is 0.862. The minimum absolute atomic E-state index is 0.981. The van der Waals surface area contributed by atoms with Crippen molar-refractivity contribution in [3.8, 4) is 0 Å². The van der Waals surface area contributed by atoms with Crippen molar-refractivity contribution in [3.05, 3.63) is 59.3 Å². The van der Waals surface area contributed by atoms with E-state index in [-0.39, 0.29) is 0 Å². The number of benzene rings is 1. The number of anilines is 1. The highest BCUT2D eigenvalue weighted by Crippen LogP contribution is 2.20. The first-order chi connectivity index (χ1) is 10.2. The molecule has 1 aliphatic rings. The van der Waals surface area contributed by atoms with Crippen LogP contribution < -0.4 is 4.90 Å². The largest absolute Gasteiger partial charge is 0.363 e. The molecule has 0 aliphatic carbocycles. The number of hydrogen-bond acceptors (Lipinski definition) is 3. The van der Waals surface area contributed by atoms with Gasteiger partial charge in [0, 0.05) is 33.4 Å². The smallest absolute Gasteiger partial charge is 0.127 e. The third kappa shape index (κ3) is 3.42. The Morgan fingerprint density at radius 2 is 1.90 bits per heavy atom. The molecule has 3 nitrogen and oxygen atoms in total. The van der Waals surface area contributed by atoms with Crippen LogP contribution in [-0.4, -0.2) is 30.5 Å². The summed E-state index contributed by atoms with van der Waals surface area (Å²) in [7, 11) is 4.04. The fraction of sp³-hybridized carbons (Fsp3) is 0.389. The fourth-order valence-corrected chi connectivity index (χ4v) is 2.94. The van der Waals surface area contributed by atoms with Crippen LogP contribution in [0.25, 0.3) is 0 Å². The van der Waals surface area contributed by atoms with Crippen LogP contribution in [0.5, 0.6) is 0 Å². The van der Waals surface area contributed by atoms with Crippen LogP contribution in [-0.2, 0) is 19.5 Å². The van der Waals surface area contributed by atoms with Crippen molar-refractivity contribution in [3.63, 3.8) is 0 Å². The number of hydrogen-bond donors (Lipinski definition) is 0. The molecule has 0 unspecified atom stereocenters. The normalized spacial score (nSPS) is 15.3. The molecule has 3 rings (SSSR count). The molecule has 0 N–H and O–H groups in total. The maximum absolute atomic E-state index is 4.51. The maximum Gasteiger partial charge on any atom is 0.127 e. The number of rotatable bonds is 3. The van der Waals surface area contributed by atoms with Gasteiger partial charge in [0.05, 0.1) is 0 Å².